The first-order valence-corrected chi connectivity index (χ1v) is 10.1. The van der Waals surface area contributed by atoms with Crippen molar-refractivity contribution in [2.24, 2.45) is 5.92 Å². The molecule has 0 aliphatic heterocycles. The number of benzene rings is 2. The zero-order chi connectivity index (χ0) is 20.8. The van der Waals surface area contributed by atoms with Gasteiger partial charge in [0.1, 0.15) is 5.75 Å². The van der Waals surface area contributed by atoms with Gasteiger partial charge in [-0.25, -0.2) is 4.98 Å². The van der Waals surface area contributed by atoms with Gasteiger partial charge in [-0.3, -0.25) is 9.59 Å². The number of aliphatic carboxylic acids is 1. The van der Waals surface area contributed by atoms with Crippen LogP contribution in [0.4, 0.5) is 5.13 Å². The van der Waals surface area contributed by atoms with E-state index in [1.54, 1.807) is 36.8 Å². The summed E-state index contributed by atoms with van der Waals surface area (Å²) in [6.07, 6.45) is -0.0101. The summed E-state index contributed by atoms with van der Waals surface area (Å²) in [4.78, 5) is 28.4. The maximum absolute atomic E-state index is 12.8. The predicted molar refractivity (Wildman–Crippen MR) is 114 cm³/mol. The number of carbonyl (C=O) groups excluding carboxylic acids is 1. The van der Waals surface area contributed by atoms with E-state index in [1.807, 2.05) is 24.3 Å². The predicted octanol–water partition coefficient (Wildman–Crippen LogP) is 4.74. The number of nitrogens with one attached hydrogen (secondary N) is 1. The Morgan fingerprint density at radius 1 is 1.24 bits per heavy atom. The van der Waals surface area contributed by atoms with Gasteiger partial charge in [0.25, 0.3) is 0 Å². The Labute approximate surface area is 177 Å². The fourth-order valence-corrected chi connectivity index (χ4v) is 3.83. The summed E-state index contributed by atoms with van der Waals surface area (Å²) in [5.41, 5.74) is 2.24. The van der Waals surface area contributed by atoms with Crippen LogP contribution in [0.25, 0.3) is 11.3 Å². The summed E-state index contributed by atoms with van der Waals surface area (Å²) in [5, 5.41) is 14.7. The van der Waals surface area contributed by atoms with E-state index in [1.165, 1.54) is 11.3 Å². The summed E-state index contributed by atoms with van der Waals surface area (Å²) in [7, 11) is 1.56. The molecule has 0 spiro atoms. The number of methoxy groups -OCH3 is 1. The normalized spacial score (nSPS) is 11.7. The van der Waals surface area contributed by atoms with Crippen molar-refractivity contribution in [3.05, 3.63) is 64.5 Å². The largest absolute Gasteiger partial charge is 0.497 e. The molecule has 0 fully saturated rings. The fourth-order valence-electron chi connectivity index (χ4n) is 2.88. The molecule has 0 aliphatic carbocycles. The first kappa shape index (κ1) is 20.8. The number of carbonyl (C=O) groups is 2. The van der Waals surface area contributed by atoms with Crippen molar-refractivity contribution in [3.63, 3.8) is 0 Å². The second kappa shape index (κ2) is 9.54. The highest BCUT2D eigenvalue weighted by Gasteiger charge is 2.23. The summed E-state index contributed by atoms with van der Waals surface area (Å²) < 4.78 is 5.19. The van der Waals surface area contributed by atoms with Crippen LogP contribution in [-0.2, 0) is 16.0 Å². The van der Waals surface area contributed by atoms with E-state index in [-0.39, 0.29) is 12.8 Å². The molecule has 3 rings (SSSR count). The highest BCUT2D eigenvalue weighted by Crippen LogP contribution is 2.30. The number of anilines is 1. The van der Waals surface area contributed by atoms with Crippen LogP contribution in [0.15, 0.2) is 53.9 Å². The molecule has 0 bridgehead atoms. The van der Waals surface area contributed by atoms with Gasteiger partial charge in [-0.05, 0) is 30.2 Å². The first-order chi connectivity index (χ1) is 14.0. The van der Waals surface area contributed by atoms with Gasteiger partial charge < -0.3 is 15.2 Å². The molecule has 1 heterocycles. The van der Waals surface area contributed by atoms with Crippen LogP contribution in [0.1, 0.15) is 12.0 Å². The average molecular weight is 431 g/mol. The van der Waals surface area contributed by atoms with Gasteiger partial charge in [-0.2, -0.15) is 0 Å². The maximum Gasteiger partial charge on any atom is 0.304 e. The second-order valence-corrected chi connectivity index (χ2v) is 7.62. The van der Waals surface area contributed by atoms with Crippen LogP contribution in [0.5, 0.6) is 5.75 Å². The molecule has 0 radical (unpaired) electrons. The SMILES string of the molecule is COc1cccc(CC(CC(=O)O)C(=O)Nc2nc(-c3ccccc3Cl)cs2)c1. The molecular weight excluding hydrogens is 412 g/mol. The van der Waals surface area contributed by atoms with Gasteiger partial charge in [-0.15, -0.1) is 11.3 Å². The summed E-state index contributed by atoms with van der Waals surface area (Å²) in [6, 6.07) is 14.5. The number of amides is 1. The van der Waals surface area contributed by atoms with Crippen molar-refractivity contribution in [3.8, 4) is 17.0 Å². The lowest BCUT2D eigenvalue weighted by Crippen LogP contribution is -2.27. The molecule has 1 aromatic heterocycles. The number of aromatic nitrogens is 1. The lowest BCUT2D eigenvalue weighted by Gasteiger charge is -2.14. The fraction of sp³-hybridized carbons (Fsp3) is 0.190. The quantitative estimate of drug-likeness (QED) is 0.538. The average Bonchev–Trinajstić information content (AvgIpc) is 3.15. The topological polar surface area (TPSA) is 88.5 Å². The van der Waals surface area contributed by atoms with Crippen LogP contribution in [0.2, 0.25) is 5.02 Å². The highest BCUT2D eigenvalue weighted by atomic mass is 35.5. The maximum atomic E-state index is 12.8. The molecule has 0 saturated carbocycles. The molecule has 1 atom stereocenters. The lowest BCUT2D eigenvalue weighted by molar-refractivity contribution is -0.140. The van der Waals surface area contributed by atoms with Crippen molar-refractivity contribution in [2.45, 2.75) is 12.8 Å². The van der Waals surface area contributed by atoms with E-state index in [4.69, 9.17) is 16.3 Å². The molecule has 0 saturated heterocycles. The van der Waals surface area contributed by atoms with Crippen LogP contribution in [0, 0.1) is 5.92 Å². The van der Waals surface area contributed by atoms with Crippen molar-refractivity contribution in [2.75, 3.05) is 12.4 Å². The van der Waals surface area contributed by atoms with Crippen molar-refractivity contribution < 1.29 is 19.4 Å². The number of hydrogen-bond donors (Lipinski definition) is 2. The van der Waals surface area contributed by atoms with E-state index in [9.17, 15) is 14.7 Å². The number of carboxylic acid groups (broad SMARTS) is 1. The molecule has 2 N–H and O–H groups in total. The third-order valence-corrected chi connectivity index (χ3v) is 5.38. The first-order valence-electron chi connectivity index (χ1n) is 8.82. The monoisotopic (exact) mass is 430 g/mol. The molecule has 1 unspecified atom stereocenters. The number of rotatable bonds is 8. The molecule has 1 amide bonds. The number of ether oxygens (including phenoxy) is 1. The Hall–Kier alpha value is -2.90. The van der Waals surface area contributed by atoms with Crippen LogP contribution < -0.4 is 10.1 Å². The summed E-state index contributed by atoms with van der Waals surface area (Å²) in [5.74, 6) is -1.52. The summed E-state index contributed by atoms with van der Waals surface area (Å²) in [6.45, 7) is 0. The second-order valence-electron chi connectivity index (χ2n) is 6.36. The van der Waals surface area contributed by atoms with Crippen LogP contribution >= 0.6 is 22.9 Å². The number of nitrogens with zero attached hydrogens (tertiary/aromatic N) is 1. The van der Waals surface area contributed by atoms with Crippen molar-refractivity contribution in [1.29, 1.82) is 0 Å². The van der Waals surface area contributed by atoms with E-state index >= 15 is 0 Å². The molecule has 2 aromatic carbocycles. The molecular formula is C21H19ClN2O4S. The third-order valence-electron chi connectivity index (χ3n) is 4.29. The van der Waals surface area contributed by atoms with Crippen molar-refractivity contribution in [1.82, 2.24) is 4.98 Å². The third kappa shape index (κ3) is 5.56. The van der Waals surface area contributed by atoms with Gasteiger partial charge in [0.15, 0.2) is 5.13 Å². The van der Waals surface area contributed by atoms with Crippen molar-refractivity contribution >= 4 is 39.9 Å². The number of halogens is 1. The highest BCUT2D eigenvalue weighted by molar-refractivity contribution is 7.14. The zero-order valence-corrected chi connectivity index (χ0v) is 17.2. The lowest BCUT2D eigenvalue weighted by atomic mass is 9.95. The number of hydrogen-bond acceptors (Lipinski definition) is 5. The molecule has 0 aliphatic rings. The molecule has 8 heteroatoms. The smallest absolute Gasteiger partial charge is 0.304 e. The van der Waals surface area contributed by atoms with Gasteiger partial charge in [0.05, 0.1) is 25.1 Å². The Bertz CT molecular complexity index is 1020. The van der Waals surface area contributed by atoms with E-state index < -0.39 is 17.8 Å². The minimum Gasteiger partial charge on any atom is -0.497 e. The minimum atomic E-state index is -1.04. The van der Waals surface area contributed by atoms with E-state index in [0.29, 0.717) is 21.6 Å². The van der Waals surface area contributed by atoms with Gasteiger partial charge in [-0.1, -0.05) is 41.9 Å². The molecule has 29 heavy (non-hydrogen) atoms. The number of thiazole rings is 1. The van der Waals surface area contributed by atoms with E-state index in [0.717, 1.165) is 11.1 Å². The Morgan fingerprint density at radius 2 is 2.03 bits per heavy atom. The zero-order valence-electron chi connectivity index (χ0n) is 15.6. The minimum absolute atomic E-state index is 0.276. The Morgan fingerprint density at radius 3 is 2.76 bits per heavy atom. The molecule has 3 aromatic rings. The Kier molecular flexibility index (Phi) is 6.85. The molecule has 150 valence electrons. The van der Waals surface area contributed by atoms with Crippen LogP contribution in [-0.4, -0.2) is 29.1 Å². The van der Waals surface area contributed by atoms with Gasteiger partial charge in [0.2, 0.25) is 5.91 Å². The Balaban J connectivity index is 1.75. The van der Waals surface area contributed by atoms with E-state index in [2.05, 4.69) is 10.3 Å². The standard InChI is InChI=1S/C21H19ClN2O4S/c1-28-15-6-4-5-13(10-15)9-14(11-19(25)26)20(27)24-21-23-18(12-29-21)16-7-2-3-8-17(16)22/h2-8,10,12,14H,9,11H2,1H3,(H,25,26)(H,23,24,27). The molecule has 6 nitrogen and oxygen atoms in total. The van der Waals surface area contributed by atoms with Crippen LogP contribution in [0.3, 0.4) is 0 Å². The van der Waals surface area contributed by atoms with Gasteiger partial charge in [0, 0.05) is 16.0 Å². The van der Waals surface area contributed by atoms with Gasteiger partial charge >= 0.3 is 5.97 Å². The summed E-state index contributed by atoms with van der Waals surface area (Å²) >= 11 is 7.46. The number of carboxylic acids is 1.